The van der Waals surface area contributed by atoms with Crippen molar-refractivity contribution in [2.45, 2.75) is 54.0 Å². The fourth-order valence-corrected chi connectivity index (χ4v) is 1.91. The lowest BCUT2D eigenvalue weighted by atomic mass is 9.80. The number of carbonyl (C=O) groups excluding carboxylic acids is 1. The maximum atomic E-state index is 12.0. The third kappa shape index (κ3) is 6.76. The Labute approximate surface area is 129 Å². The van der Waals surface area contributed by atoms with Crippen molar-refractivity contribution in [2.75, 3.05) is 11.9 Å². The number of amides is 1. The van der Waals surface area contributed by atoms with Gasteiger partial charge in [-0.15, -0.1) is 0 Å². The van der Waals surface area contributed by atoms with Crippen LogP contribution in [0.4, 0.5) is 5.69 Å². The summed E-state index contributed by atoms with van der Waals surface area (Å²) in [4.78, 5) is 12.0. The second-order valence-corrected chi connectivity index (χ2v) is 6.89. The third-order valence-corrected chi connectivity index (χ3v) is 3.96. The van der Waals surface area contributed by atoms with Crippen LogP contribution in [0.5, 0.6) is 0 Å². The number of hydrogen-bond donors (Lipinski definition) is 2. The number of benzene rings is 1. The second kappa shape index (κ2) is 8.18. The maximum absolute atomic E-state index is 12.0. The molecule has 3 nitrogen and oxygen atoms in total. The third-order valence-electron chi connectivity index (χ3n) is 3.96. The number of nitrogens with one attached hydrogen (secondary N) is 2. The molecule has 0 saturated heterocycles. The normalized spacial score (nSPS) is 13.0. The van der Waals surface area contributed by atoms with Crippen LogP contribution in [0, 0.1) is 11.3 Å². The fraction of sp³-hybridized carbons (Fsp3) is 0.611. The average molecular weight is 290 g/mol. The summed E-state index contributed by atoms with van der Waals surface area (Å²) in [6.07, 6.45) is 1.70. The predicted octanol–water partition coefficient (Wildman–Crippen LogP) is 4.20. The maximum Gasteiger partial charge on any atom is 0.224 e. The van der Waals surface area contributed by atoms with Gasteiger partial charge in [-0.1, -0.05) is 46.8 Å². The van der Waals surface area contributed by atoms with Gasteiger partial charge in [0.2, 0.25) is 5.91 Å². The summed E-state index contributed by atoms with van der Waals surface area (Å²) in [5.41, 5.74) is 2.27. The Balaban J connectivity index is 2.46. The van der Waals surface area contributed by atoms with E-state index in [0.29, 0.717) is 12.3 Å². The zero-order valence-corrected chi connectivity index (χ0v) is 14.1. The molecule has 0 aliphatic carbocycles. The molecule has 2 N–H and O–H groups in total. The highest BCUT2D eigenvalue weighted by Crippen LogP contribution is 2.28. The van der Waals surface area contributed by atoms with E-state index in [1.165, 1.54) is 5.56 Å². The molecule has 21 heavy (non-hydrogen) atoms. The Morgan fingerprint density at radius 3 is 2.33 bits per heavy atom. The van der Waals surface area contributed by atoms with Crippen molar-refractivity contribution in [1.82, 2.24) is 5.32 Å². The van der Waals surface area contributed by atoms with Gasteiger partial charge in [-0.3, -0.25) is 4.79 Å². The van der Waals surface area contributed by atoms with E-state index in [2.05, 4.69) is 57.4 Å². The zero-order chi connectivity index (χ0) is 15.9. The monoisotopic (exact) mass is 290 g/mol. The van der Waals surface area contributed by atoms with Crippen molar-refractivity contribution < 1.29 is 4.79 Å². The van der Waals surface area contributed by atoms with Crippen molar-refractivity contribution >= 4 is 11.6 Å². The molecule has 0 fully saturated rings. The number of rotatable bonds is 7. The summed E-state index contributed by atoms with van der Waals surface area (Å²) in [5.74, 6) is 0.448. The summed E-state index contributed by atoms with van der Waals surface area (Å²) in [6, 6.07) is 8.07. The largest absolute Gasteiger partial charge is 0.326 e. The van der Waals surface area contributed by atoms with Gasteiger partial charge in [0.25, 0.3) is 0 Å². The first-order valence-electron chi connectivity index (χ1n) is 7.92. The van der Waals surface area contributed by atoms with Crippen LogP contribution in [0.1, 0.15) is 53.0 Å². The molecule has 0 heterocycles. The van der Waals surface area contributed by atoms with Crippen molar-refractivity contribution in [3.8, 4) is 0 Å². The minimum Gasteiger partial charge on any atom is -0.326 e. The molecule has 0 aliphatic heterocycles. The molecular formula is C18H30N2O. The minimum atomic E-state index is 0.0919. The van der Waals surface area contributed by atoms with Crippen LogP contribution in [0.15, 0.2) is 24.3 Å². The van der Waals surface area contributed by atoms with Gasteiger partial charge in [-0.05, 0) is 42.0 Å². The highest BCUT2D eigenvalue weighted by Gasteiger charge is 2.22. The topological polar surface area (TPSA) is 41.1 Å². The summed E-state index contributed by atoms with van der Waals surface area (Å²) >= 11 is 0. The molecule has 118 valence electrons. The SMILES string of the molecule is CCCNCc1ccc(NC(=O)CC(C)C(C)(C)C)cc1. The lowest BCUT2D eigenvalue weighted by molar-refractivity contribution is -0.117. The molecule has 1 atom stereocenters. The van der Waals surface area contributed by atoms with E-state index in [-0.39, 0.29) is 11.3 Å². The molecule has 1 unspecified atom stereocenters. The number of anilines is 1. The van der Waals surface area contributed by atoms with Crippen molar-refractivity contribution in [2.24, 2.45) is 11.3 Å². The van der Waals surface area contributed by atoms with Crippen molar-refractivity contribution in [1.29, 1.82) is 0 Å². The first-order valence-corrected chi connectivity index (χ1v) is 7.92. The van der Waals surface area contributed by atoms with E-state index in [1.807, 2.05) is 12.1 Å². The molecule has 0 aliphatic rings. The summed E-state index contributed by atoms with van der Waals surface area (Å²) in [7, 11) is 0. The van der Waals surface area contributed by atoms with Crippen LogP contribution < -0.4 is 10.6 Å². The quantitative estimate of drug-likeness (QED) is 0.739. The highest BCUT2D eigenvalue weighted by molar-refractivity contribution is 5.90. The Hall–Kier alpha value is -1.35. The molecule has 1 rings (SSSR count). The second-order valence-electron chi connectivity index (χ2n) is 6.89. The van der Waals surface area contributed by atoms with Gasteiger partial charge in [0, 0.05) is 18.7 Å². The van der Waals surface area contributed by atoms with Crippen LogP contribution >= 0.6 is 0 Å². The first-order chi connectivity index (χ1) is 9.82. The van der Waals surface area contributed by atoms with E-state index >= 15 is 0 Å². The molecule has 1 aromatic carbocycles. The van der Waals surface area contributed by atoms with Gasteiger partial charge in [0.15, 0.2) is 0 Å². The average Bonchev–Trinajstić information content (AvgIpc) is 2.40. The van der Waals surface area contributed by atoms with Crippen LogP contribution in [-0.4, -0.2) is 12.5 Å². The van der Waals surface area contributed by atoms with Gasteiger partial charge in [-0.25, -0.2) is 0 Å². The highest BCUT2D eigenvalue weighted by atomic mass is 16.1. The van der Waals surface area contributed by atoms with Crippen molar-refractivity contribution in [3.05, 3.63) is 29.8 Å². The molecule has 3 heteroatoms. The van der Waals surface area contributed by atoms with Crippen LogP contribution in [0.2, 0.25) is 0 Å². The standard InChI is InChI=1S/C18H30N2O/c1-6-11-19-13-15-7-9-16(10-8-15)20-17(21)12-14(2)18(3,4)5/h7-10,14,19H,6,11-13H2,1-5H3,(H,20,21). The smallest absolute Gasteiger partial charge is 0.224 e. The van der Waals surface area contributed by atoms with E-state index in [1.54, 1.807) is 0 Å². The lowest BCUT2D eigenvalue weighted by Gasteiger charge is -2.26. The lowest BCUT2D eigenvalue weighted by Crippen LogP contribution is -2.23. The predicted molar refractivity (Wildman–Crippen MR) is 90.3 cm³/mol. The molecule has 0 radical (unpaired) electrons. The summed E-state index contributed by atoms with van der Waals surface area (Å²) in [6.45, 7) is 12.7. The Bertz CT molecular complexity index is 432. The zero-order valence-electron chi connectivity index (χ0n) is 14.1. The van der Waals surface area contributed by atoms with E-state index in [0.717, 1.165) is 25.2 Å². The number of carbonyl (C=O) groups is 1. The molecule has 0 saturated carbocycles. The summed E-state index contributed by atoms with van der Waals surface area (Å²) in [5, 5.41) is 6.35. The van der Waals surface area contributed by atoms with Gasteiger partial charge in [0.05, 0.1) is 0 Å². The molecule has 1 amide bonds. The van der Waals surface area contributed by atoms with Gasteiger partial charge >= 0.3 is 0 Å². The van der Waals surface area contributed by atoms with Crippen LogP contribution in [0.25, 0.3) is 0 Å². The van der Waals surface area contributed by atoms with E-state index in [9.17, 15) is 4.79 Å². The molecule has 0 spiro atoms. The molecule has 0 bridgehead atoms. The van der Waals surface area contributed by atoms with Gasteiger partial charge in [0.1, 0.15) is 0 Å². The Morgan fingerprint density at radius 2 is 1.81 bits per heavy atom. The van der Waals surface area contributed by atoms with Crippen molar-refractivity contribution in [3.63, 3.8) is 0 Å². The summed E-state index contributed by atoms with van der Waals surface area (Å²) < 4.78 is 0. The van der Waals surface area contributed by atoms with E-state index in [4.69, 9.17) is 0 Å². The van der Waals surface area contributed by atoms with Gasteiger partial charge in [-0.2, -0.15) is 0 Å². The minimum absolute atomic E-state index is 0.0919. The van der Waals surface area contributed by atoms with E-state index < -0.39 is 0 Å². The fourth-order valence-electron chi connectivity index (χ4n) is 1.91. The molecule has 0 aromatic heterocycles. The first kappa shape index (κ1) is 17.7. The van der Waals surface area contributed by atoms with Gasteiger partial charge < -0.3 is 10.6 Å². The molecular weight excluding hydrogens is 260 g/mol. The Morgan fingerprint density at radius 1 is 1.19 bits per heavy atom. The number of hydrogen-bond acceptors (Lipinski definition) is 2. The van der Waals surface area contributed by atoms with Crippen LogP contribution in [-0.2, 0) is 11.3 Å². The molecule has 1 aromatic rings. The Kier molecular flexibility index (Phi) is 6.90. The van der Waals surface area contributed by atoms with Crippen LogP contribution in [0.3, 0.4) is 0 Å².